The molecule has 9 heteroatoms. The summed E-state index contributed by atoms with van der Waals surface area (Å²) in [5, 5.41) is 12.9. The van der Waals surface area contributed by atoms with Crippen LogP contribution < -0.4 is 16.6 Å². The number of nitrogens with zero attached hydrogens (tertiary/aromatic N) is 2. The van der Waals surface area contributed by atoms with Crippen LogP contribution in [0.1, 0.15) is 0 Å². The number of hydrogen-bond acceptors (Lipinski definition) is 5. The predicted molar refractivity (Wildman–Crippen MR) is 61.2 cm³/mol. The van der Waals surface area contributed by atoms with E-state index in [1.54, 1.807) is 4.98 Å². The van der Waals surface area contributed by atoms with Gasteiger partial charge in [0.2, 0.25) is 5.91 Å². The molecule has 96 valence electrons. The van der Waals surface area contributed by atoms with Gasteiger partial charge in [-0.1, -0.05) is 6.08 Å². The van der Waals surface area contributed by atoms with Gasteiger partial charge < -0.3 is 5.32 Å². The standard InChI is InChI=1S/C9H10N4O5/c1-2-3-10-7(14)5-12-4-6(13(17)18)8(15)11-9(12)16/h2,4H,1,3,5H2,(H,10,14)(H,11,15,16). The molecule has 0 fully saturated rings. The van der Waals surface area contributed by atoms with E-state index in [1.807, 2.05) is 0 Å². The number of carbonyl (C=O) groups excluding carboxylic acids is 1. The molecule has 2 N–H and O–H groups in total. The fourth-order valence-electron chi connectivity index (χ4n) is 1.14. The number of nitro groups is 1. The Morgan fingerprint density at radius 3 is 2.83 bits per heavy atom. The lowest BCUT2D eigenvalue weighted by molar-refractivity contribution is -0.386. The second-order valence-corrected chi connectivity index (χ2v) is 3.25. The molecule has 0 spiro atoms. The second-order valence-electron chi connectivity index (χ2n) is 3.25. The summed E-state index contributed by atoms with van der Waals surface area (Å²) in [5.41, 5.74) is -2.79. The van der Waals surface area contributed by atoms with Gasteiger partial charge in [-0.2, -0.15) is 0 Å². The highest BCUT2D eigenvalue weighted by molar-refractivity contribution is 5.75. The van der Waals surface area contributed by atoms with Crippen LogP contribution in [0.5, 0.6) is 0 Å². The molecule has 0 aliphatic carbocycles. The van der Waals surface area contributed by atoms with Crippen molar-refractivity contribution in [3.8, 4) is 0 Å². The maximum absolute atomic E-state index is 11.3. The highest BCUT2D eigenvalue weighted by Crippen LogP contribution is 1.98. The molecule has 1 amide bonds. The van der Waals surface area contributed by atoms with Crippen LogP contribution in [0.25, 0.3) is 0 Å². The first-order chi connectivity index (χ1) is 8.45. The Hall–Kier alpha value is -2.71. The van der Waals surface area contributed by atoms with Gasteiger partial charge in [0.05, 0.1) is 11.1 Å². The number of rotatable bonds is 5. The highest BCUT2D eigenvalue weighted by Gasteiger charge is 2.15. The monoisotopic (exact) mass is 254 g/mol. The molecule has 0 saturated carbocycles. The predicted octanol–water partition coefficient (Wildman–Crippen LogP) is -1.25. The Morgan fingerprint density at radius 1 is 1.61 bits per heavy atom. The van der Waals surface area contributed by atoms with Crippen LogP contribution in [0.3, 0.4) is 0 Å². The maximum atomic E-state index is 11.3. The van der Waals surface area contributed by atoms with Crippen LogP contribution in [0.4, 0.5) is 5.69 Å². The van der Waals surface area contributed by atoms with E-state index < -0.39 is 34.3 Å². The first-order valence-corrected chi connectivity index (χ1v) is 4.81. The Morgan fingerprint density at radius 2 is 2.28 bits per heavy atom. The third-order valence-electron chi connectivity index (χ3n) is 1.95. The third kappa shape index (κ3) is 3.14. The fourth-order valence-corrected chi connectivity index (χ4v) is 1.14. The van der Waals surface area contributed by atoms with Gasteiger partial charge in [-0.05, 0) is 0 Å². The third-order valence-corrected chi connectivity index (χ3v) is 1.95. The molecular formula is C9H10N4O5. The van der Waals surface area contributed by atoms with Gasteiger partial charge in [-0.15, -0.1) is 6.58 Å². The Kier molecular flexibility index (Phi) is 4.13. The summed E-state index contributed by atoms with van der Waals surface area (Å²) in [4.78, 5) is 45.0. The summed E-state index contributed by atoms with van der Waals surface area (Å²) in [6, 6.07) is 0. The topological polar surface area (TPSA) is 127 Å². The van der Waals surface area contributed by atoms with Gasteiger partial charge in [0.1, 0.15) is 6.54 Å². The number of aromatic nitrogens is 2. The molecule has 0 aromatic carbocycles. The van der Waals surface area contributed by atoms with Gasteiger partial charge in [0.15, 0.2) is 0 Å². The van der Waals surface area contributed by atoms with Gasteiger partial charge in [0, 0.05) is 6.54 Å². The molecule has 0 aliphatic rings. The largest absolute Gasteiger partial charge is 0.351 e. The molecule has 0 saturated heterocycles. The summed E-state index contributed by atoms with van der Waals surface area (Å²) in [6.45, 7) is 3.17. The van der Waals surface area contributed by atoms with Crippen molar-refractivity contribution in [3.05, 3.63) is 49.8 Å². The van der Waals surface area contributed by atoms with Crippen molar-refractivity contribution in [2.75, 3.05) is 6.54 Å². The van der Waals surface area contributed by atoms with E-state index in [4.69, 9.17) is 0 Å². The van der Waals surface area contributed by atoms with Gasteiger partial charge in [0.25, 0.3) is 0 Å². The summed E-state index contributed by atoms with van der Waals surface area (Å²) in [7, 11) is 0. The normalized spacial score (nSPS) is 9.78. The Balaban J connectivity index is 3.03. The minimum absolute atomic E-state index is 0.207. The van der Waals surface area contributed by atoms with E-state index in [0.717, 1.165) is 10.8 Å². The summed E-state index contributed by atoms with van der Waals surface area (Å²) < 4.78 is 0.748. The quantitative estimate of drug-likeness (QED) is 0.385. The van der Waals surface area contributed by atoms with E-state index in [1.165, 1.54) is 6.08 Å². The van der Waals surface area contributed by atoms with Crippen molar-refractivity contribution >= 4 is 11.6 Å². The minimum Gasteiger partial charge on any atom is -0.351 e. The number of aromatic amines is 1. The molecule has 0 unspecified atom stereocenters. The molecule has 0 aliphatic heterocycles. The summed E-state index contributed by atoms with van der Waals surface area (Å²) in [6.07, 6.45) is 2.17. The van der Waals surface area contributed by atoms with Crippen LogP contribution in [0.2, 0.25) is 0 Å². The van der Waals surface area contributed by atoms with Gasteiger partial charge >= 0.3 is 16.9 Å². The smallest absolute Gasteiger partial charge is 0.350 e. The lowest BCUT2D eigenvalue weighted by atomic mass is 10.5. The summed E-state index contributed by atoms with van der Waals surface area (Å²) in [5.74, 6) is -0.529. The van der Waals surface area contributed by atoms with E-state index in [-0.39, 0.29) is 6.54 Å². The molecule has 0 bridgehead atoms. The first kappa shape index (κ1) is 13.4. The first-order valence-electron chi connectivity index (χ1n) is 4.81. The van der Waals surface area contributed by atoms with Crippen LogP contribution in [0, 0.1) is 10.1 Å². The maximum Gasteiger partial charge on any atom is 0.350 e. The van der Waals surface area contributed by atoms with Crippen LogP contribution >= 0.6 is 0 Å². The van der Waals surface area contributed by atoms with E-state index in [0.29, 0.717) is 0 Å². The van der Waals surface area contributed by atoms with Crippen molar-refractivity contribution in [2.45, 2.75) is 6.54 Å². The molecule has 1 rings (SSSR count). The van der Waals surface area contributed by atoms with Crippen LogP contribution in [0.15, 0.2) is 28.4 Å². The molecule has 9 nitrogen and oxygen atoms in total. The van der Waals surface area contributed by atoms with E-state index in [2.05, 4.69) is 11.9 Å². The van der Waals surface area contributed by atoms with Crippen molar-refractivity contribution < 1.29 is 9.72 Å². The van der Waals surface area contributed by atoms with Crippen LogP contribution in [-0.2, 0) is 11.3 Å². The second kappa shape index (κ2) is 5.57. The molecular weight excluding hydrogens is 244 g/mol. The Bertz CT molecular complexity index is 600. The van der Waals surface area contributed by atoms with Crippen molar-refractivity contribution in [2.24, 2.45) is 0 Å². The van der Waals surface area contributed by atoms with E-state index >= 15 is 0 Å². The summed E-state index contributed by atoms with van der Waals surface area (Å²) >= 11 is 0. The van der Waals surface area contributed by atoms with Crippen molar-refractivity contribution in [1.82, 2.24) is 14.9 Å². The average Bonchev–Trinajstić information content (AvgIpc) is 2.29. The number of hydrogen-bond donors (Lipinski definition) is 2. The zero-order valence-electron chi connectivity index (χ0n) is 9.21. The van der Waals surface area contributed by atoms with Gasteiger partial charge in [-0.25, -0.2) is 4.79 Å². The number of amides is 1. The van der Waals surface area contributed by atoms with Crippen molar-refractivity contribution in [3.63, 3.8) is 0 Å². The molecule has 0 atom stereocenters. The molecule has 0 radical (unpaired) electrons. The molecule has 1 aromatic heterocycles. The number of carbonyl (C=O) groups is 1. The zero-order valence-corrected chi connectivity index (χ0v) is 9.21. The zero-order chi connectivity index (χ0) is 13.7. The highest BCUT2D eigenvalue weighted by atomic mass is 16.6. The Labute approximate surface area is 99.9 Å². The molecule has 1 heterocycles. The van der Waals surface area contributed by atoms with Gasteiger partial charge in [-0.3, -0.25) is 29.3 Å². The SMILES string of the molecule is C=CCNC(=O)Cn1cc([N+](=O)[O-])c(=O)[nH]c1=O. The lowest BCUT2D eigenvalue weighted by Crippen LogP contribution is -2.36. The molecule has 18 heavy (non-hydrogen) atoms. The van der Waals surface area contributed by atoms with Crippen LogP contribution in [-0.4, -0.2) is 26.9 Å². The van der Waals surface area contributed by atoms with Crippen molar-refractivity contribution in [1.29, 1.82) is 0 Å². The fraction of sp³-hybridized carbons (Fsp3) is 0.222. The molecule has 1 aromatic rings. The van der Waals surface area contributed by atoms with E-state index in [9.17, 15) is 24.5 Å². The lowest BCUT2D eigenvalue weighted by Gasteiger charge is -2.04. The average molecular weight is 254 g/mol. The number of nitrogens with one attached hydrogen (secondary N) is 2. The number of H-pyrrole nitrogens is 1. The minimum atomic E-state index is -1.10.